The van der Waals surface area contributed by atoms with E-state index in [1.165, 1.54) is 0 Å². The molecule has 1 aromatic heterocycles. The number of ether oxygens (including phenoxy) is 2. The van der Waals surface area contributed by atoms with Crippen molar-refractivity contribution in [1.29, 1.82) is 0 Å². The van der Waals surface area contributed by atoms with Gasteiger partial charge in [-0.05, 0) is 5.92 Å². The van der Waals surface area contributed by atoms with Crippen LogP contribution in [0.25, 0.3) is 0 Å². The Morgan fingerprint density at radius 2 is 2.08 bits per heavy atom. The summed E-state index contributed by atoms with van der Waals surface area (Å²) >= 11 is 0. The minimum absolute atomic E-state index is 0.381. The van der Waals surface area contributed by atoms with E-state index in [4.69, 9.17) is 9.47 Å². The van der Waals surface area contributed by atoms with Gasteiger partial charge in [0, 0.05) is 5.56 Å². The lowest BCUT2D eigenvalue weighted by atomic mass is 10.1. The summed E-state index contributed by atoms with van der Waals surface area (Å²) in [5, 5.41) is 7.73. The molecule has 13 heavy (non-hydrogen) atoms. The summed E-state index contributed by atoms with van der Waals surface area (Å²) in [5.74, 6) is 1.67. The fraction of sp³-hybridized carbons (Fsp3) is 0.556. The highest BCUT2D eigenvalue weighted by Crippen LogP contribution is 2.34. The highest BCUT2D eigenvalue weighted by atomic mass is 16.6. The zero-order chi connectivity index (χ0) is 9.26. The molecular weight excluding hydrogens is 168 g/mol. The van der Waals surface area contributed by atoms with E-state index in [9.17, 15) is 0 Å². The third kappa shape index (κ3) is 1.43. The van der Waals surface area contributed by atoms with Gasteiger partial charge in [-0.15, -0.1) is 5.10 Å². The Kier molecular flexibility index (Phi) is 2.04. The molecule has 0 aliphatic carbocycles. The molecule has 70 valence electrons. The molecule has 0 saturated heterocycles. The first-order valence-corrected chi connectivity index (χ1v) is 4.40. The molecule has 0 unspecified atom stereocenters. The predicted octanol–water partition coefficient (Wildman–Crippen LogP) is 1.37. The first kappa shape index (κ1) is 8.29. The lowest BCUT2D eigenvalue weighted by Crippen LogP contribution is -2.18. The van der Waals surface area contributed by atoms with Crippen LogP contribution in [-0.4, -0.2) is 23.4 Å². The van der Waals surface area contributed by atoms with Crippen LogP contribution in [0.5, 0.6) is 11.6 Å². The molecule has 0 N–H and O–H groups in total. The first-order chi connectivity index (χ1) is 6.29. The topological polar surface area (TPSA) is 44.2 Å². The van der Waals surface area contributed by atoms with Crippen LogP contribution in [0, 0.1) is 0 Å². The van der Waals surface area contributed by atoms with Gasteiger partial charge in [-0.2, -0.15) is 5.10 Å². The maximum absolute atomic E-state index is 5.49. The lowest BCUT2D eigenvalue weighted by Gasteiger charge is -2.20. The Morgan fingerprint density at radius 3 is 2.85 bits per heavy atom. The molecule has 0 bridgehead atoms. The fourth-order valence-corrected chi connectivity index (χ4v) is 1.30. The average molecular weight is 180 g/mol. The molecule has 0 spiro atoms. The molecular formula is C9H12N2O2. The summed E-state index contributed by atoms with van der Waals surface area (Å²) < 4.78 is 10.8. The Bertz CT molecular complexity index is 312. The van der Waals surface area contributed by atoms with E-state index in [-0.39, 0.29) is 0 Å². The number of rotatable bonds is 1. The van der Waals surface area contributed by atoms with Crippen LogP contribution in [0.15, 0.2) is 6.20 Å². The van der Waals surface area contributed by atoms with Gasteiger partial charge in [-0.1, -0.05) is 13.8 Å². The van der Waals surface area contributed by atoms with E-state index in [0.717, 1.165) is 11.3 Å². The van der Waals surface area contributed by atoms with E-state index < -0.39 is 0 Å². The maximum Gasteiger partial charge on any atom is 0.276 e. The third-order valence-electron chi connectivity index (χ3n) is 1.99. The molecule has 0 amide bonds. The molecule has 1 aliphatic heterocycles. The maximum atomic E-state index is 5.49. The monoisotopic (exact) mass is 180 g/mol. The van der Waals surface area contributed by atoms with Crippen molar-refractivity contribution in [2.45, 2.75) is 19.8 Å². The average Bonchev–Trinajstić information content (AvgIpc) is 2.17. The van der Waals surface area contributed by atoms with Crippen molar-refractivity contribution >= 4 is 0 Å². The zero-order valence-corrected chi connectivity index (χ0v) is 7.78. The molecule has 4 nitrogen and oxygen atoms in total. The van der Waals surface area contributed by atoms with Crippen LogP contribution >= 0.6 is 0 Å². The molecule has 2 rings (SSSR count). The van der Waals surface area contributed by atoms with Gasteiger partial charge in [0.05, 0.1) is 6.20 Å². The summed E-state index contributed by atoms with van der Waals surface area (Å²) in [7, 11) is 0. The van der Waals surface area contributed by atoms with Crippen LogP contribution in [0.4, 0.5) is 0 Å². The first-order valence-electron chi connectivity index (χ1n) is 4.40. The second-order valence-electron chi connectivity index (χ2n) is 3.29. The Hall–Kier alpha value is -1.32. The van der Waals surface area contributed by atoms with Crippen molar-refractivity contribution in [3.63, 3.8) is 0 Å². The van der Waals surface area contributed by atoms with Crippen molar-refractivity contribution in [3.05, 3.63) is 11.8 Å². The minimum Gasteiger partial charge on any atom is -0.484 e. The van der Waals surface area contributed by atoms with Gasteiger partial charge in [-0.25, -0.2) is 0 Å². The minimum atomic E-state index is 0.381. The van der Waals surface area contributed by atoms with E-state index in [0.29, 0.717) is 25.0 Å². The van der Waals surface area contributed by atoms with Gasteiger partial charge in [0.25, 0.3) is 5.88 Å². The van der Waals surface area contributed by atoms with Gasteiger partial charge >= 0.3 is 0 Å². The highest BCUT2D eigenvalue weighted by Gasteiger charge is 2.19. The summed E-state index contributed by atoms with van der Waals surface area (Å²) in [6, 6.07) is 0. The van der Waals surface area contributed by atoms with Gasteiger partial charge in [0.2, 0.25) is 0 Å². The smallest absolute Gasteiger partial charge is 0.276 e. The SMILES string of the molecule is CC(C)c1cnnc2c1OCCO2. The largest absolute Gasteiger partial charge is 0.484 e. The van der Waals surface area contributed by atoms with Crippen LogP contribution in [-0.2, 0) is 0 Å². The van der Waals surface area contributed by atoms with Crippen LogP contribution in [0.2, 0.25) is 0 Å². The third-order valence-corrected chi connectivity index (χ3v) is 1.99. The van der Waals surface area contributed by atoms with Crippen molar-refractivity contribution in [2.24, 2.45) is 0 Å². The van der Waals surface area contributed by atoms with Gasteiger partial charge < -0.3 is 9.47 Å². The number of hydrogen-bond acceptors (Lipinski definition) is 4. The molecule has 1 aromatic rings. The Balaban J connectivity index is 2.46. The quantitative estimate of drug-likeness (QED) is 0.654. The second kappa shape index (κ2) is 3.20. The Labute approximate surface area is 76.9 Å². The van der Waals surface area contributed by atoms with E-state index in [1.807, 2.05) is 0 Å². The van der Waals surface area contributed by atoms with Crippen LogP contribution in [0.1, 0.15) is 25.3 Å². The lowest BCUT2D eigenvalue weighted by molar-refractivity contribution is 0.160. The normalized spacial score (nSPS) is 14.7. The second-order valence-corrected chi connectivity index (χ2v) is 3.29. The van der Waals surface area contributed by atoms with Gasteiger partial charge in [-0.3, -0.25) is 0 Å². The van der Waals surface area contributed by atoms with Crippen LogP contribution in [0.3, 0.4) is 0 Å². The van der Waals surface area contributed by atoms with Crippen molar-refractivity contribution in [2.75, 3.05) is 13.2 Å². The van der Waals surface area contributed by atoms with E-state index in [2.05, 4.69) is 24.0 Å². The van der Waals surface area contributed by atoms with E-state index in [1.54, 1.807) is 6.20 Å². The number of fused-ring (bicyclic) bond motifs is 1. The van der Waals surface area contributed by atoms with E-state index >= 15 is 0 Å². The molecule has 0 atom stereocenters. The molecule has 0 fully saturated rings. The summed E-state index contributed by atoms with van der Waals surface area (Å²) in [6.45, 7) is 5.34. The standard InChI is InChI=1S/C9H12N2O2/c1-6(2)7-5-10-11-9-8(7)12-3-4-13-9/h5-6H,3-4H2,1-2H3. The summed E-state index contributed by atoms with van der Waals surface area (Å²) in [6.07, 6.45) is 1.73. The fourth-order valence-electron chi connectivity index (χ4n) is 1.30. The number of nitrogens with zero attached hydrogens (tertiary/aromatic N) is 2. The zero-order valence-electron chi connectivity index (χ0n) is 7.78. The predicted molar refractivity (Wildman–Crippen MR) is 47.1 cm³/mol. The van der Waals surface area contributed by atoms with Crippen LogP contribution < -0.4 is 9.47 Å². The molecule has 4 heteroatoms. The van der Waals surface area contributed by atoms with Crippen molar-refractivity contribution in [3.8, 4) is 11.6 Å². The summed E-state index contributed by atoms with van der Waals surface area (Å²) in [4.78, 5) is 0. The molecule has 0 radical (unpaired) electrons. The molecule has 1 aliphatic rings. The molecule has 0 aromatic carbocycles. The highest BCUT2D eigenvalue weighted by molar-refractivity contribution is 5.42. The molecule has 2 heterocycles. The van der Waals surface area contributed by atoms with Crippen molar-refractivity contribution < 1.29 is 9.47 Å². The number of hydrogen-bond donors (Lipinski definition) is 0. The molecule has 0 saturated carbocycles. The Morgan fingerprint density at radius 1 is 1.31 bits per heavy atom. The van der Waals surface area contributed by atoms with Crippen molar-refractivity contribution in [1.82, 2.24) is 10.2 Å². The summed E-state index contributed by atoms with van der Waals surface area (Å²) in [5.41, 5.74) is 1.06. The van der Waals surface area contributed by atoms with Gasteiger partial charge in [0.1, 0.15) is 13.2 Å². The number of aromatic nitrogens is 2. The van der Waals surface area contributed by atoms with Gasteiger partial charge in [0.15, 0.2) is 5.75 Å².